The Kier molecular flexibility index (Phi) is 2.94. The van der Waals surface area contributed by atoms with Gasteiger partial charge in [-0.3, -0.25) is 4.98 Å². The fraction of sp³-hybridized carbons (Fsp3) is 0.429. The molecule has 1 rings (SSSR count). The molecule has 0 spiro atoms. The Balaban J connectivity index is 2.70. The van der Waals surface area contributed by atoms with E-state index in [4.69, 9.17) is 0 Å². The molecule has 1 heterocycles. The Morgan fingerprint density at radius 3 is 2.77 bits per heavy atom. The maximum Gasteiger partial charge on any atom is 0.361 e. The number of H-pyrrole nitrogens is 1. The van der Waals surface area contributed by atoms with E-state index in [9.17, 15) is 13.6 Å². The molecule has 1 N–H and O–H groups in total. The summed E-state index contributed by atoms with van der Waals surface area (Å²) in [6, 6.07) is 0. The lowest BCUT2D eigenvalue weighted by atomic mass is 10.4. The molecule has 0 bridgehead atoms. The van der Waals surface area contributed by atoms with Gasteiger partial charge in [0.15, 0.2) is 0 Å². The van der Waals surface area contributed by atoms with Crippen LogP contribution in [0.1, 0.15) is 23.8 Å². The number of imidazole rings is 1. The zero-order valence-corrected chi connectivity index (χ0v) is 6.93. The zero-order chi connectivity index (χ0) is 9.84. The predicted octanol–water partition coefficient (Wildman–Crippen LogP) is 1.25. The molecule has 4 nitrogen and oxygen atoms in total. The van der Waals surface area contributed by atoms with Crippen molar-refractivity contribution in [1.82, 2.24) is 9.97 Å². The molecule has 0 saturated carbocycles. The van der Waals surface area contributed by atoms with Crippen LogP contribution in [0.5, 0.6) is 0 Å². The lowest BCUT2D eigenvalue weighted by Crippen LogP contribution is -2.08. The molecule has 72 valence electrons. The number of aromatic nitrogens is 2. The minimum atomic E-state index is -1.14. The molecule has 6 heteroatoms. The molecule has 0 radical (unpaired) electrons. The normalized spacial score (nSPS) is 10.1. The van der Waals surface area contributed by atoms with Crippen molar-refractivity contribution in [1.29, 1.82) is 0 Å². The smallest absolute Gasteiger partial charge is 0.361 e. The number of hydrogen-bond donors (Lipinski definition) is 1. The lowest BCUT2D eigenvalue weighted by Gasteiger charge is -1.98. The van der Waals surface area contributed by atoms with Gasteiger partial charge < -0.3 is 4.74 Å². The maximum atomic E-state index is 12.6. The Labute approximate surface area is 72.9 Å². The number of rotatable bonds is 3. The largest absolute Gasteiger partial charge is 0.461 e. The molecule has 0 saturated heterocycles. The summed E-state index contributed by atoms with van der Waals surface area (Å²) in [6.07, 6.45) is -0.527. The number of hydrogen-bond acceptors (Lipinski definition) is 3. The monoisotopic (exact) mass is 190 g/mol. The average Bonchev–Trinajstić information content (AvgIpc) is 2.41. The molecule has 13 heavy (non-hydrogen) atoms. The standard InChI is InChI=1S/C7H8F2N2O2/c1-2-3-13-6(12)4-5(8)11-7(9)10-4/h2-3H2,1H3,(H,10,11). The van der Waals surface area contributed by atoms with Crippen LogP contribution in [-0.2, 0) is 4.74 Å². The van der Waals surface area contributed by atoms with Crippen LogP contribution in [0.4, 0.5) is 8.78 Å². The molecule has 0 aliphatic carbocycles. The van der Waals surface area contributed by atoms with Crippen LogP contribution in [0.3, 0.4) is 0 Å². The number of nitrogens with one attached hydrogen (secondary N) is 1. The van der Waals surface area contributed by atoms with Gasteiger partial charge in [0, 0.05) is 0 Å². The second kappa shape index (κ2) is 3.97. The van der Waals surface area contributed by atoms with Crippen LogP contribution >= 0.6 is 0 Å². The van der Waals surface area contributed by atoms with Gasteiger partial charge in [-0.25, -0.2) is 4.79 Å². The summed E-state index contributed by atoms with van der Waals surface area (Å²) in [5, 5.41) is 0. The molecule has 0 unspecified atom stereocenters. The lowest BCUT2D eigenvalue weighted by molar-refractivity contribution is 0.0492. The van der Waals surface area contributed by atoms with Gasteiger partial charge in [0.05, 0.1) is 6.61 Å². The van der Waals surface area contributed by atoms with Crippen molar-refractivity contribution in [2.75, 3.05) is 6.61 Å². The molecule has 0 fully saturated rings. The first kappa shape index (κ1) is 9.63. The summed E-state index contributed by atoms with van der Waals surface area (Å²) in [5.41, 5.74) is -0.647. The Morgan fingerprint density at radius 1 is 1.62 bits per heavy atom. The molecule has 0 aliphatic heterocycles. The number of carbonyl (C=O) groups excluding carboxylic acids is 1. The molecule has 0 atom stereocenters. The van der Waals surface area contributed by atoms with Gasteiger partial charge in [-0.2, -0.15) is 13.8 Å². The molecule has 1 aromatic heterocycles. The number of nitrogens with zero attached hydrogens (tertiary/aromatic N) is 1. The van der Waals surface area contributed by atoms with Gasteiger partial charge in [-0.1, -0.05) is 6.92 Å². The highest BCUT2D eigenvalue weighted by atomic mass is 19.1. The predicted molar refractivity (Wildman–Crippen MR) is 39.1 cm³/mol. The molecule has 0 amide bonds. The van der Waals surface area contributed by atoms with Crippen LogP contribution < -0.4 is 0 Å². The van der Waals surface area contributed by atoms with Crippen LogP contribution in [0.25, 0.3) is 0 Å². The van der Waals surface area contributed by atoms with E-state index in [-0.39, 0.29) is 6.61 Å². The highest BCUT2D eigenvalue weighted by molar-refractivity contribution is 5.87. The highest BCUT2D eigenvalue weighted by Crippen LogP contribution is 2.05. The third-order valence-corrected chi connectivity index (χ3v) is 1.26. The summed E-state index contributed by atoms with van der Waals surface area (Å²) in [7, 11) is 0. The maximum absolute atomic E-state index is 12.6. The van der Waals surface area contributed by atoms with E-state index >= 15 is 0 Å². The van der Waals surface area contributed by atoms with Gasteiger partial charge in [-0.15, -0.1) is 0 Å². The van der Waals surface area contributed by atoms with Gasteiger partial charge in [0.2, 0.25) is 11.6 Å². The number of esters is 1. The van der Waals surface area contributed by atoms with Crippen LogP contribution in [0.2, 0.25) is 0 Å². The van der Waals surface area contributed by atoms with Crippen LogP contribution in [-0.4, -0.2) is 22.5 Å². The molecule has 1 aromatic rings. The minimum Gasteiger partial charge on any atom is -0.461 e. The highest BCUT2D eigenvalue weighted by Gasteiger charge is 2.18. The molecule has 0 aromatic carbocycles. The zero-order valence-electron chi connectivity index (χ0n) is 6.93. The molecular weight excluding hydrogens is 182 g/mol. The number of halogens is 2. The van der Waals surface area contributed by atoms with Crippen molar-refractivity contribution >= 4 is 5.97 Å². The van der Waals surface area contributed by atoms with Crippen molar-refractivity contribution in [2.24, 2.45) is 0 Å². The number of ether oxygens (including phenoxy) is 1. The van der Waals surface area contributed by atoms with Crippen molar-refractivity contribution in [3.63, 3.8) is 0 Å². The Hall–Kier alpha value is -1.46. The van der Waals surface area contributed by atoms with Gasteiger partial charge in [0.25, 0.3) is 6.08 Å². The summed E-state index contributed by atoms with van der Waals surface area (Å²) < 4.78 is 29.4. The first-order valence-electron chi connectivity index (χ1n) is 3.73. The first-order valence-corrected chi connectivity index (χ1v) is 3.73. The van der Waals surface area contributed by atoms with Crippen molar-refractivity contribution in [3.05, 3.63) is 17.7 Å². The average molecular weight is 190 g/mol. The van der Waals surface area contributed by atoms with Crippen molar-refractivity contribution in [2.45, 2.75) is 13.3 Å². The summed E-state index contributed by atoms with van der Waals surface area (Å²) in [6.45, 7) is 1.95. The minimum absolute atomic E-state index is 0.159. The molecular formula is C7H8F2N2O2. The van der Waals surface area contributed by atoms with Crippen molar-refractivity contribution < 1.29 is 18.3 Å². The second-order valence-corrected chi connectivity index (χ2v) is 2.33. The van der Waals surface area contributed by atoms with Gasteiger partial charge >= 0.3 is 5.97 Å². The topological polar surface area (TPSA) is 55.0 Å². The van der Waals surface area contributed by atoms with Crippen LogP contribution in [0, 0.1) is 12.0 Å². The third kappa shape index (κ3) is 2.24. The third-order valence-electron chi connectivity index (χ3n) is 1.26. The van der Waals surface area contributed by atoms with E-state index in [0.717, 1.165) is 0 Å². The van der Waals surface area contributed by atoms with E-state index in [0.29, 0.717) is 6.42 Å². The second-order valence-electron chi connectivity index (χ2n) is 2.33. The number of aromatic amines is 1. The van der Waals surface area contributed by atoms with Crippen LogP contribution in [0.15, 0.2) is 0 Å². The quantitative estimate of drug-likeness (QED) is 0.730. The van der Waals surface area contributed by atoms with E-state index in [2.05, 4.69) is 9.72 Å². The molecule has 0 aliphatic rings. The fourth-order valence-electron chi connectivity index (χ4n) is 0.723. The van der Waals surface area contributed by atoms with E-state index in [1.165, 1.54) is 0 Å². The Morgan fingerprint density at radius 2 is 2.31 bits per heavy atom. The summed E-state index contributed by atoms with van der Waals surface area (Å²) >= 11 is 0. The van der Waals surface area contributed by atoms with E-state index in [1.54, 1.807) is 11.9 Å². The van der Waals surface area contributed by atoms with Gasteiger partial charge in [-0.05, 0) is 6.42 Å². The SMILES string of the molecule is CCCOC(=O)c1nc(F)[nH]c1F. The van der Waals surface area contributed by atoms with E-state index in [1.807, 2.05) is 0 Å². The first-order chi connectivity index (χ1) is 6.15. The summed E-state index contributed by atoms with van der Waals surface area (Å²) in [5.74, 6) is -2.07. The fourth-order valence-corrected chi connectivity index (χ4v) is 0.723. The Bertz CT molecular complexity index is 311. The van der Waals surface area contributed by atoms with E-state index < -0.39 is 23.7 Å². The number of carbonyl (C=O) groups is 1. The van der Waals surface area contributed by atoms with Gasteiger partial charge in [0.1, 0.15) is 0 Å². The van der Waals surface area contributed by atoms with Crippen molar-refractivity contribution in [3.8, 4) is 0 Å². The summed E-state index contributed by atoms with van der Waals surface area (Å²) in [4.78, 5) is 15.5.